The summed E-state index contributed by atoms with van der Waals surface area (Å²) >= 11 is 0. The molecule has 7 heteroatoms. The SMILES string of the molecule is CC(C)C1(N)Cc2ccc(NC(=O)[C@@H](NC(=O)c3ccnn3C)C3CCCCC3)cc2C1. The first kappa shape index (κ1) is 22.5. The van der Waals surface area contributed by atoms with Crippen LogP contribution in [0.3, 0.4) is 0 Å². The number of aromatic nitrogens is 2. The van der Waals surface area contributed by atoms with E-state index in [9.17, 15) is 9.59 Å². The number of nitrogens with zero attached hydrogens (tertiary/aromatic N) is 2. The zero-order valence-corrected chi connectivity index (χ0v) is 19.4. The summed E-state index contributed by atoms with van der Waals surface area (Å²) in [6.45, 7) is 4.32. The van der Waals surface area contributed by atoms with Gasteiger partial charge in [0.2, 0.25) is 5.91 Å². The number of anilines is 1. The van der Waals surface area contributed by atoms with E-state index in [0.29, 0.717) is 11.6 Å². The number of nitrogens with two attached hydrogens (primary N) is 1. The molecular weight excluding hydrogens is 402 g/mol. The lowest BCUT2D eigenvalue weighted by atomic mass is 9.83. The molecule has 4 N–H and O–H groups in total. The second kappa shape index (κ2) is 9.06. The van der Waals surface area contributed by atoms with E-state index in [2.05, 4.69) is 35.6 Å². The van der Waals surface area contributed by atoms with Gasteiger partial charge in [-0.15, -0.1) is 0 Å². The molecule has 1 fully saturated rings. The highest BCUT2D eigenvalue weighted by atomic mass is 16.2. The summed E-state index contributed by atoms with van der Waals surface area (Å²) in [7, 11) is 1.73. The van der Waals surface area contributed by atoms with E-state index in [4.69, 9.17) is 5.73 Å². The lowest BCUT2D eigenvalue weighted by molar-refractivity contribution is -0.119. The molecule has 1 aromatic heterocycles. The average molecular weight is 438 g/mol. The van der Waals surface area contributed by atoms with Crippen molar-refractivity contribution < 1.29 is 9.59 Å². The first-order chi connectivity index (χ1) is 15.3. The van der Waals surface area contributed by atoms with Crippen LogP contribution in [0.15, 0.2) is 30.5 Å². The number of fused-ring (bicyclic) bond motifs is 1. The van der Waals surface area contributed by atoms with Crippen molar-refractivity contribution in [1.82, 2.24) is 15.1 Å². The van der Waals surface area contributed by atoms with Gasteiger partial charge in [0.1, 0.15) is 11.7 Å². The third kappa shape index (κ3) is 4.58. The Morgan fingerprint density at radius 2 is 1.84 bits per heavy atom. The van der Waals surface area contributed by atoms with Gasteiger partial charge in [-0.25, -0.2) is 0 Å². The van der Waals surface area contributed by atoms with Gasteiger partial charge in [-0.3, -0.25) is 14.3 Å². The van der Waals surface area contributed by atoms with Crippen LogP contribution in [-0.4, -0.2) is 33.2 Å². The summed E-state index contributed by atoms with van der Waals surface area (Å²) in [6, 6.07) is 7.16. The van der Waals surface area contributed by atoms with Crippen LogP contribution in [0.25, 0.3) is 0 Å². The average Bonchev–Trinajstić information content (AvgIpc) is 3.35. The number of nitrogens with one attached hydrogen (secondary N) is 2. The van der Waals surface area contributed by atoms with E-state index in [-0.39, 0.29) is 23.3 Å². The quantitative estimate of drug-likeness (QED) is 0.646. The molecular formula is C25H35N5O2. The highest BCUT2D eigenvalue weighted by Gasteiger charge is 2.37. The second-order valence-corrected chi connectivity index (χ2v) is 9.90. The number of hydrogen-bond donors (Lipinski definition) is 3. The molecule has 0 aliphatic heterocycles. The minimum atomic E-state index is -0.574. The van der Waals surface area contributed by atoms with E-state index < -0.39 is 6.04 Å². The van der Waals surface area contributed by atoms with Crippen LogP contribution in [0.1, 0.15) is 67.6 Å². The van der Waals surface area contributed by atoms with Crippen LogP contribution in [0.5, 0.6) is 0 Å². The molecule has 1 saturated carbocycles. The summed E-state index contributed by atoms with van der Waals surface area (Å²) in [5, 5.41) is 10.1. The number of aryl methyl sites for hydroxylation is 1. The first-order valence-corrected chi connectivity index (χ1v) is 11.8. The maximum absolute atomic E-state index is 13.4. The molecule has 0 radical (unpaired) electrons. The van der Waals surface area contributed by atoms with Gasteiger partial charge in [-0.1, -0.05) is 39.2 Å². The molecule has 7 nitrogen and oxygen atoms in total. The fourth-order valence-electron chi connectivity index (χ4n) is 5.12. The van der Waals surface area contributed by atoms with Crippen LogP contribution in [0, 0.1) is 11.8 Å². The summed E-state index contributed by atoms with van der Waals surface area (Å²) in [5.41, 5.74) is 10.1. The van der Waals surface area contributed by atoms with Crippen molar-refractivity contribution >= 4 is 17.5 Å². The van der Waals surface area contributed by atoms with Crippen molar-refractivity contribution in [2.24, 2.45) is 24.6 Å². The van der Waals surface area contributed by atoms with Crippen molar-refractivity contribution in [1.29, 1.82) is 0 Å². The summed E-state index contributed by atoms with van der Waals surface area (Å²) < 4.78 is 1.53. The van der Waals surface area contributed by atoms with Crippen molar-refractivity contribution in [3.63, 3.8) is 0 Å². The van der Waals surface area contributed by atoms with Gasteiger partial charge >= 0.3 is 0 Å². The number of rotatable bonds is 6. The molecule has 32 heavy (non-hydrogen) atoms. The Kier molecular flexibility index (Phi) is 6.38. The summed E-state index contributed by atoms with van der Waals surface area (Å²) in [4.78, 5) is 26.2. The third-order valence-electron chi connectivity index (χ3n) is 7.41. The van der Waals surface area contributed by atoms with E-state index in [1.165, 1.54) is 22.2 Å². The minimum absolute atomic E-state index is 0.132. The molecule has 1 unspecified atom stereocenters. The molecule has 0 spiro atoms. The lowest BCUT2D eigenvalue weighted by Crippen LogP contribution is -2.49. The second-order valence-electron chi connectivity index (χ2n) is 9.90. The molecule has 2 aliphatic carbocycles. The first-order valence-electron chi connectivity index (χ1n) is 11.8. The Labute approximate surface area is 190 Å². The smallest absolute Gasteiger partial charge is 0.270 e. The number of hydrogen-bond acceptors (Lipinski definition) is 4. The summed E-state index contributed by atoms with van der Waals surface area (Å²) in [6.07, 6.45) is 8.50. The van der Waals surface area contributed by atoms with Crippen LogP contribution in [0.2, 0.25) is 0 Å². The Morgan fingerprint density at radius 3 is 2.50 bits per heavy atom. The standard InChI is InChI=1S/C25H35N5O2/c1-16(2)25(26)14-18-9-10-20(13-19(18)15-25)28-24(32)22(17-7-5-4-6-8-17)29-23(31)21-11-12-27-30(21)3/h9-13,16-17,22H,4-8,14-15,26H2,1-3H3,(H,28,32)(H,29,31)/t22-,25?/m0/s1. The highest BCUT2D eigenvalue weighted by Crippen LogP contribution is 2.35. The van der Waals surface area contributed by atoms with Crippen molar-refractivity contribution in [3.05, 3.63) is 47.3 Å². The van der Waals surface area contributed by atoms with Crippen molar-refractivity contribution in [3.8, 4) is 0 Å². The molecule has 172 valence electrons. The fraction of sp³-hybridized carbons (Fsp3) is 0.560. The Morgan fingerprint density at radius 1 is 1.12 bits per heavy atom. The maximum atomic E-state index is 13.4. The zero-order valence-electron chi connectivity index (χ0n) is 19.4. The van der Waals surface area contributed by atoms with Crippen molar-refractivity contribution in [2.75, 3.05) is 5.32 Å². The normalized spacial score (nSPS) is 21.9. The monoisotopic (exact) mass is 437 g/mol. The van der Waals surface area contributed by atoms with Crippen LogP contribution >= 0.6 is 0 Å². The van der Waals surface area contributed by atoms with Gasteiger partial charge in [-0.05, 0) is 66.8 Å². The van der Waals surface area contributed by atoms with Crippen LogP contribution in [-0.2, 0) is 24.7 Å². The Bertz CT molecular complexity index is 992. The van der Waals surface area contributed by atoms with Gasteiger partial charge in [0.05, 0.1) is 0 Å². The zero-order chi connectivity index (χ0) is 22.9. The fourth-order valence-corrected chi connectivity index (χ4v) is 5.12. The predicted octanol–water partition coefficient (Wildman–Crippen LogP) is 3.19. The Balaban J connectivity index is 1.51. The summed E-state index contributed by atoms with van der Waals surface area (Å²) in [5.74, 6) is 0.0848. The van der Waals surface area contributed by atoms with Crippen LogP contribution < -0.4 is 16.4 Å². The molecule has 2 aromatic rings. The molecule has 4 rings (SSSR count). The highest BCUT2D eigenvalue weighted by molar-refractivity contribution is 6.00. The van der Waals surface area contributed by atoms with E-state index in [1.807, 2.05) is 12.1 Å². The van der Waals surface area contributed by atoms with Gasteiger partial charge in [-0.2, -0.15) is 5.10 Å². The third-order valence-corrected chi connectivity index (χ3v) is 7.41. The van der Waals surface area contributed by atoms with E-state index >= 15 is 0 Å². The minimum Gasteiger partial charge on any atom is -0.339 e. The molecule has 2 atom stereocenters. The molecule has 1 aromatic carbocycles. The molecule has 1 heterocycles. The maximum Gasteiger partial charge on any atom is 0.270 e. The number of carbonyl (C=O) groups excluding carboxylic acids is 2. The topological polar surface area (TPSA) is 102 Å². The van der Waals surface area contributed by atoms with Crippen molar-refractivity contribution in [2.45, 2.75) is 70.4 Å². The number of benzene rings is 1. The van der Waals surface area contributed by atoms with Gasteiger partial charge < -0.3 is 16.4 Å². The molecule has 2 amide bonds. The molecule has 0 saturated heterocycles. The lowest BCUT2D eigenvalue weighted by Gasteiger charge is -2.30. The number of amides is 2. The molecule has 0 bridgehead atoms. The van der Waals surface area contributed by atoms with Gasteiger partial charge in [0, 0.05) is 24.5 Å². The largest absolute Gasteiger partial charge is 0.339 e. The van der Waals surface area contributed by atoms with Gasteiger partial charge in [0.15, 0.2) is 0 Å². The Hall–Kier alpha value is -2.67. The van der Waals surface area contributed by atoms with E-state index in [0.717, 1.165) is 44.2 Å². The predicted molar refractivity (Wildman–Crippen MR) is 125 cm³/mol. The number of carbonyl (C=O) groups is 2. The van der Waals surface area contributed by atoms with Crippen LogP contribution in [0.4, 0.5) is 5.69 Å². The molecule has 2 aliphatic rings. The van der Waals surface area contributed by atoms with Gasteiger partial charge in [0.25, 0.3) is 5.91 Å². The van der Waals surface area contributed by atoms with E-state index in [1.54, 1.807) is 19.3 Å².